The molecular weight excluding hydrogens is 403 g/mol. The van der Waals surface area contributed by atoms with Crippen molar-refractivity contribution in [2.45, 2.75) is 26.4 Å². The minimum atomic E-state index is -0.411. The molecule has 28 heavy (non-hydrogen) atoms. The molecule has 8 heteroatoms. The molecule has 0 saturated carbocycles. The predicted octanol–water partition coefficient (Wildman–Crippen LogP) is 4.71. The van der Waals surface area contributed by atoms with E-state index in [0.717, 1.165) is 6.42 Å². The van der Waals surface area contributed by atoms with Crippen molar-refractivity contribution in [1.29, 1.82) is 0 Å². The van der Waals surface area contributed by atoms with Gasteiger partial charge in [-0.15, -0.1) is 0 Å². The molecule has 0 aliphatic rings. The van der Waals surface area contributed by atoms with Crippen LogP contribution in [0, 0.1) is 0 Å². The summed E-state index contributed by atoms with van der Waals surface area (Å²) in [6.07, 6.45) is 2.30. The number of ether oxygens (including phenoxy) is 3. The van der Waals surface area contributed by atoms with Crippen LogP contribution in [-0.2, 0) is 4.79 Å². The number of halogens is 2. The first-order valence-corrected chi connectivity index (χ1v) is 9.43. The van der Waals surface area contributed by atoms with Gasteiger partial charge in [-0.05, 0) is 49.2 Å². The molecule has 0 bridgehead atoms. The second-order valence-electron chi connectivity index (χ2n) is 5.91. The van der Waals surface area contributed by atoms with Crippen LogP contribution in [0.25, 0.3) is 0 Å². The molecule has 1 N–H and O–H groups in total. The highest BCUT2D eigenvalue weighted by Gasteiger charge is 2.14. The van der Waals surface area contributed by atoms with Gasteiger partial charge in [0.2, 0.25) is 0 Å². The number of nitrogens with zero attached hydrogens (tertiary/aromatic N) is 1. The fraction of sp³-hybridized carbons (Fsp3) is 0.300. The van der Waals surface area contributed by atoms with Crippen LogP contribution in [0.15, 0.2) is 41.5 Å². The molecule has 1 atom stereocenters. The van der Waals surface area contributed by atoms with Gasteiger partial charge in [-0.3, -0.25) is 4.79 Å². The van der Waals surface area contributed by atoms with Crippen LogP contribution in [0.1, 0.15) is 25.8 Å². The Hall–Kier alpha value is -2.44. The first kappa shape index (κ1) is 21.9. The zero-order valence-electron chi connectivity index (χ0n) is 15.9. The Morgan fingerprint density at radius 1 is 1.29 bits per heavy atom. The van der Waals surface area contributed by atoms with E-state index in [9.17, 15) is 4.79 Å². The maximum absolute atomic E-state index is 11.8. The molecule has 0 spiro atoms. The minimum Gasteiger partial charge on any atom is -0.493 e. The Kier molecular flexibility index (Phi) is 8.42. The fourth-order valence-corrected chi connectivity index (χ4v) is 2.57. The summed E-state index contributed by atoms with van der Waals surface area (Å²) in [6, 6.07) is 10.2. The third-order valence-corrected chi connectivity index (χ3v) is 4.23. The highest BCUT2D eigenvalue weighted by atomic mass is 35.5. The van der Waals surface area contributed by atoms with E-state index in [-0.39, 0.29) is 12.7 Å². The summed E-state index contributed by atoms with van der Waals surface area (Å²) >= 11 is 12.2. The number of benzene rings is 2. The molecule has 2 aromatic carbocycles. The highest BCUT2D eigenvalue weighted by molar-refractivity contribution is 6.32. The number of nitrogens with one attached hydrogen (secondary N) is 1. The molecule has 0 saturated heterocycles. The molecular formula is C20H22Cl2N2O4. The lowest BCUT2D eigenvalue weighted by Crippen LogP contribution is -2.24. The summed E-state index contributed by atoms with van der Waals surface area (Å²) in [5.74, 6) is 1.06. The molecule has 150 valence electrons. The van der Waals surface area contributed by atoms with Crippen LogP contribution in [0.4, 0.5) is 0 Å². The summed E-state index contributed by atoms with van der Waals surface area (Å²) in [6.45, 7) is 3.78. The number of carbonyl (C=O) groups is 1. The van der Waals surface area contributed by atoms with Gasteiger partial charge in [-0.2, -0.15) is 5.10 Å². The lowest BCUT2D eigenvalue weighted by Gasteiger charge is -2.17. The average molecular weight is 425 g/mol. The van der Waals surface area contributed by atoms with Crippen LogP contribution in [0.2, 0.25) is 10.0 Å². The quantitative estimate of drug-likeness (QED) is 0.467. The molecule has 0 aliphatic carbocycles. The topological polar surface area (TPSA) is 69.2 Å². The lowest BCUT2D eigenvalue weighted by atomic mass is 10.2. The van der Waals surface area contributed by atoms with E-state index in [1.807, 2.05) is 13.8 Å². The number of hydrazone groups is 1. The van der Waals surface area contributed by atoms with E-state index >= 15 is 0 Å². The number of carbonyl (C=O) groups excluding carboxylic acids is 1. The number of rotatable bonds is 9. The third kappa shape index (κ3) is 6.62. The van der Waals surface area contributed by atoms with Gasteiger partial charge in [0, 0.05) is 5.02 Å². The van der Waals surface area contributed by atoms with Crippen LogP contribution < -0.4 is 19.6 Å². The molecule has 0 fully saturated rings. The van der Waals surface area contributed by atoms with Gasteiger partial charge in [-0.25, -0.2) is 5.43 Å². The first-order chi connectivity index (χ1) is 13.4. The summed E-state index contributed by atoms with van der Waals surface area (Å²) in [5, 5.41) is 4.84. The van der Waals surface area contributed by atoms with Gasteiger partial charge >= 0.3 is 0 Å². The van der Waals surface area contributed by atoms with Crippen molar-refractivity contribution in [1.82, 2.24) is 5.43 Å². The van der Waals surface area contributed by atoms with Crippen molar-refractivity contribution >= 4 is 35.3 Å². The lowest BCUT2D eigenvalue weighted by molar-refractivity contribution is -0.123. The summed E-state index contributed by atoms with van der Waals surface area (Å²) < 4.78 is 16.5. The monoisotopic (exact) mass is 424 g/mol. The number of hydrogen-bond acceptors (Lipinski definition) is 5. The molecule has 0 heterocycles. The van der Waals surface area contributed by atoms with Crippen LogP contribution >= 0.6 is 23.2 Å². The molecule has 0 radical (unpaired) electrons. The zero-order valence-corrected chi connectivity index (χ0v) is 17.4. The van der Waals surface area contributed by atoms with Crippen LogP contribution in [-0.4, -0.2) is 31.9 Å². The second kappa shape index (κ2) is 10.8. The predicted molar refractivity (Wildman–Crippen MR) is 111 cm³/mol. The Morgan fingerprint density at radius 2 is 2.07 bits per heavy atom. The Labute approximate surface area is 174 Å². The van der Waals surface area contributed by atoms with Crippen molar-refractivity contribution in [3.05, 3.63) is 52.0 Å². The molecule has 2 rings (SSSR count). The summed E-state index contributed by atoms with van der Waals surface area (Å²) in [5.41, 5.74) is 3.03. The zero-order chi connectivity index (χ0) is 20.5. The average Bonchev–Trinajstić information content (AvgIpc) is 2.68. The maximum atomic E-state index is 11.8. The standard InChI is InChI=1S/C20H22Cl2N2O4/c1-4-13(2)28-20-17(22)8-14(9-18(20)26-3)11-23-24-19(25)12-27-16-7-5-6-15(21)10-16/h5-11,13H,4,12H2,1-3H3,(H,24,25)/b23-11+/t13-/m0/s1. The smallest absolute Gasteiger partial charge is 0.277 e. The Bertz CT molecular complexity index is 843. The van der Waals surface area contributed by atoms with Gasteiger partial charge in [-0.1, -0.05) is 36.2 Å². The van der Waals surface area contributed by atoms with Crippen molar-refractivity contribution in [3.63, 3.8) is 0 Å². The van der Waals surface area contributed by atoms with E-state index in [1.165, 1.54) is 13.3 Å². The molecule has 1 amide bonds. The van der Waals surface area contributed by atoms with Crippen molar-refractivity contribution in [2.24, 2.45) is 5.10 Å². The van der Waals surface area contributed by atoms with E-state index in [1.54, 1.807) is 36.4 Å². The molecule has 0 aromatic heterocycles. The number of methoxy groups -OCH3 is 1. The normalized spacial score (nSPS) is 11.9. The second-order valence-corrected chi connectivity index (χ2v) is 6.75. The molecule has 2 aromatic rings. The van der Waals surface area contributed by atoms with Crippen molar-refractivity contribution < 1.29 is 19.0 Å². The third-order valence-electron chi connectivity index (χ3n) is 3.71. The summed E-state index contributed by atoms with van der Waals surface area (Å²) in [7, 11) is 1.53. The van der Waals surface area contributed by atoms with E-state index in [4.69, 9.17) is 37.4 Å². The highest BCUT2D eigenvalue weighted by Crippen LogP contribution is 2.37. The molecule has 0 aliphatic heterocycles. The Morgan fingerprint density at radius 3 is 2.75 bits per heavy atom. The van der Waals surface area contributed by atoms with Gasteiger partial charge in [0.05, 0.1) is 24.5 Å². The SMILES string of the molecule is CC[C@H](C)Oc1c(Cl)cc(/C=N/NC(=O)COc2cccc(Cl)c2)cc1OC. The largest absolute Gasteiger partial charge is 0.493 e. The van der Waals surface area contributed by atoms with E-state index < -0.39 is 5.91 Å². The minimum absolute atomic E-state index is 0.00435. The fourth-order valence-electron chi connectivity index (χ4n) is 2.13. The van der Waals surface area contributed by atoms with Crippen LogP contribution in [0.5, 0.6) is 17.2 Å². The molecule has 0 unspecified atom stereocenters. The van der Waals surface area contributed by atoms with Gasteiger partial charge in [0.25, 0.3) is 5.91 Å². The van der Waals surface area contributed by atoms with E-state index in [2.05, 4.69) is 10.5 Å². The molecule has 6 nitrogen and oxygen atoms in total. The summed E-state index contributed by atoms with van der Waals surface area (Å²) in [4.78, 5) is 11.8. The van der Waals surface area contributed by atoms with Gasteiger partial charge in [0.15, 0.2) is 18.1 Å². The number of amides is 1. The van der Waals surface area contributed by atoms with E-state index in [0.29, 0.717) is 32.9 Å². The van der Waals surface area contributed by atoms with Crippen molar-refractivity contribution in [3.8, 4) is 17.2 Å². The Balaban J connectivity index is 1.95. The van der Waals surface area contributed by atoms with Gasteiger partial charge in [0.1, 0.15) is 5.75 Å². The number of hydrogen-bond donors (Lipinski definition) is 1. The van der Waals surface area contributed by atoms with Crippen LogP contribution in [0.3, 0.4) is 0 Å². The van der Waals surface area contributed by atoms with Crippen molar-refractivity contribution in [2.75, 3.05) is 13.7 Å². The maximum Gasteiger partial charge on any atom is 0.277 e. The first-order valence-electron chi connectivity index (χ1n) is 8.67. The van der Waals surface area contributed by atoms with Gasteiger partial charge < -0.3 is 14.2 Å².